The van der Waals surface area contributed by atoms with E-state index in [-0.39, 0.29) is 0 Å². The van der Waals surface area contributed by atoms with Crippen molar-refractivity contribution in [1.82, 2.24) is 15.0 Å². The molecule has 7 heteroatoms. The predicted molar refractivity (Wildman–Crippen MR) is 104 cm³/mol. The lowest BCUT2D eigenvalue weighted by molar-refractivity contribution is 0.683. The van der Waals surface area contributed by atoms with Gasteiger partial charge in [-0.05, 0) is 53.3 Å². The Morgan fingerprint density at radius 3 is 2.30 bits per heavy atom. The summed E-state index contributed by atoms with van der Waals surface area (Å²) in [5.74, 6) is 1.67. The van der Waals surface area contributed by atoms with Crippen LogP contribution in [0.25, 0.3) is 0 Å². The molecule has 3 N–H and O–H groups in total. The third-order valence-corrected chi connectivity index (χ3v) is 3.99. The van der Waals surface area contributed by atoms with Gasteiger partial charge in [0.15, 0.2) is 0 Å². The van der Waals surface area contributed by atoms with Gasteiger partial charge in [0, 0.05) is 22.8 Å². The van der Waals surface area contributed by atoms with E-state index in [0.29, 0.717) is 17.8 Å². The molecule has 0 aliphatic heterocycles. The number of nitrogens with one attached hydrogen (secondary N) is 3. The van der Waals surface area contributed by atoms with Crippen molar-refractivity contribution in [1.29, 1.82) is 0 Å². The van der Waals surface area contributed by atoms with Crippen LogP contribution in [-0.4, -0.2) is 28.5 Å². The Kier molecular flexibility index (Phi) is 7.31. The smallest absolute Gasteiger partial charge is 0.233 e. The summed E-state index contributed by atoms with van der Waals surface area (Å²) in [6, 6.07) is 8.08. The summed E-state index contributed by atoms with van der Waals surface area (Å²) in [4.78, 5) is 13.1. The Morgan fingerprint density at radius 2 is 1.61 bits per heavy atom. The Bertz CT molecular complexity index is 602. The Hall–Kier alpha value is -1.64. The molecule has 0 spiro atoms. The summed E-state index contributed by atoms with van der Waals surface area (Å²) in [5.41, 5.74) is 0.951. The van der Waals surface area contributed by atoms with Gasteiger partial charge in [-0.3, -0.25) is 0 Å². The van der Waals surface area contributed by atoms with Crippen LogP contribution in [0.3, 0.4) is 0 Å². The molecule has 0 aliphatic carbocycles. The molecule has 1 heterocycles. The highest BCUT2D eigenvalue weighted by molar-refractivity contribution is 14.1. The van der Waals surface area contributed by atoms with E-state index in [0.717, 1.165) is 18.7 Å². The zero-order chi connectivity index (χ0) is 16.5. The van der Waals surface area contributed by atoms with Crippen molar-refractivity contribution in [3.63, 3.8) is 0 Å². The van der Waals surface area contributed by atoms with Crippen LogP contribution < -0.4 is 16.0 Å². The Labute approximate surface area is 151 Å². The minimum atomic E-state index is 0.529. The molecule has 6 nitrogen and oxygen atoms in total. The molecule has 0 saturated heterocycles. The van der Waals surface area contributed by atoms with Gasteiger partial charge in [0.1, 0.15) is 0 Å². The maximum atomic E-state index is 4.43. The van der Waals surface area contributed by atoms with E-state index in [2.05, 4.69) is 60.4 Å². The van der Waals surface area contributed by atoms with Gasteiger partial charge >= 0.3 is 0 Å². The zero-order valence-corrected chi connectivity index (χ0v) is 15.7. The fourth-order valence-electron chi connectivity index (χ4n) is 2.04. The summed E-state index contributed by atoms with van der Waals surface area (Å²) in [6.45, 7) is 3.08. The van der Waals surface area contributed by atoms with Crippen LogP contribution in [0.5, 0.6) is 0 Å². The molecule has 1 aromatic heterocycles. The standard InChI is InChI=1S/C16H23IN6/c1-3-4-5-6-11-19-15-21-14(18-2)22-16(23-15)20-13-9-7-12(17)8-10-13/h7-10H,3-6,11H2,1-2H3,(H3,18,19,20,21,22,23). The van der Waals surface area contributed by atoms with Crippen molar-refractivity contribution < 1.29 is 0 Å². The minimum absolute atomic E-state index is 0.529. The van der Waals surface area contributed by atoms with Gasteiger partial charge in [0.05, 0.1) is 0 Å². The predicted octanol–water partition coefficient (Wildman–Crippen LogP) is 4.25. The van der Waals surface area contributed by atoms with E-state index in [9.17, 15) is 0 Å². The molecule has 2 rings (SSSR count). The van der Waals surface area contributed by atoms with Gasteiger partial charge in [-0.2, -0.15) is 15.0 Å². The van der Waals surface area contributed by atoms with Crippen molar-refractivity contribution in [3.05, 3.63) is 27.8 Å². The van der Waals surface area contributed by atoms with Crippen LogP contribution in [0.1, 0.15) is 32.6 Å². The summed E-state index contributed by atoms with van der Waals surface area (Å²) in [6.07, 6.45) is 4.84. The van der Waals surface area contributed by atoms with E-state index in [1.54, 1.807) is 7.05 Å². The third-order valence-electron chi connectivity index (χ3n) is 3.27. The lowest BCUT2D eigenvalue weighted by atomic mass is 10.2. The SMILES string of the molecule is CCCCCCNc1nc(NC)nc(Nc2ccc(I)cc2)n1. The molecular weight excluding hydrogens is 403 g/mol. The molecule has 1 aromatic carbocycles. The van der Waals surface area contributed by atoms with Gasteiger partial charge < -0.3 is 16.0 Å². The molecule has 0 amide bonds. The first-order chi connectivity index (χ1) is 11.2. The lowest BCUT2D eigenvalue weighted by Gasteiger charge is -2.10. The average Bonchev–Trinajstić information content (AvgIpc) is 2.56. The molecule has 124 valence electrons. The summed E-state index contributed by atoms with van der Waals surface area (Å²) in [5, 5.41) is 9.45. The maximum Gasteiger partial charge on any atom is 0.233 e. The fraction of sp³-hybridized carbons (Fsp3) is 0.438. The van der Waals surface area contributed by atoms with E-state index in [1.165, 1.54) is 22.8 Å². The number of rotatable bonds is 9. The minimum Gasteiger partial charge on any atom is -0.357 e. The first-order valence-electron chi connectivity index (χ1n) is 7.91. The maximum absolute atomic E-state index is 4.43. The van der Waals surface area contributed by atoms with Crippen LogP contribution in [0.2, 0.25) is 0 Å². The summed E-state index contributed by atoms with van der Waals surface area (Å²) < 4.78 is 1.19. The molecule has 0 aliphatic rings. The Balaban J connectivity index is 2.01. The van der Waals surface area contributed by atoms with Crippen molar-refractivity contribution in [2.75, 3.05) is 29.5 Å². The largest absolute Gasteiger partial charge is 0.357 e. The van der Waals surface area contributed by atoms with Crippen molar-refractivity contribution in [2.24, 2.45) is 0 Å². The number of hydrogen-bond donors (Lipinski definition) is 3. The van der Waals surface area contributed by atoms with Crippen molar-refractivity contribution in [2.45, 2.75) is 32.6 Å². The highest BCUT2D eigenvalue weighted by Gasteiger charge is 2.06. The van der Waals surface area contributed by atoms with Crippen LogP contribution in [0.15, 0.2) is 24.3 Å². The topological polar surface area (TPSA) is 74.8 Å². The second kappa shape index (κ2) is 9.49. The first-order valence-corrected chi connectivity index (χ1v) is 8.99. The highest BCUT2D eigenvalue weighted by Crippen LogP contribution is 2.17. The van der Waals surface area contributed by atoms with E-state index < -0.39 is 0 Å². The van der Waals surface area contributed by atoms with Crippen LogP contribution >= 0.6 is 22.6 Å². The first kappa shape index (κ1) is 17.7. The average molecular weight is 426 g/mol. The zero-order valence-electron chi connectivity index (χ0n) is 13.6. The summed E-state index contributed by atoms with van der Waals surface area (Å²) in [7, 11) is 1.80. The molecule has 0 atom stereocenters. The van der Waals surface area contributed by atoms with Gasteiger partial charge in [0.25, 0.3) is 0 Å². The summed E-state index contributed by atoms with van der Waals surface area (Å²) >= 11 is 2.28. The van der Waals surface area contributed by atoms with Gasteiger partial charge in [-0.1, -0.05) is 26.2 Å². The van der Waals surface area contributed by atoms with Crippen molar-refractivity contribution in [3.8, 4) is 0 Å². The fourth-order valence-corrected chi connectivity index (χ4v) is 2.40. The molecular formula is C16H23IN6. The molecule has 0 saturated carbocycles. The molecule has 2 aromatic rings. The number of hydrogen-bond acceptors (Lipinski definition) is 6. The molecule has 0 bridgehead atoms. The van der Waals surface area contributed by atoms with Gasteiger partial charge in [-0.25, -0.2) is 0 Å². The van der Waals surface area contributed by atoms with E-state index >= 15 is 0 Å². The van der Waals surface area contributed by atoms with Gasteiger partial charge in [-0.15, -0.1) is 0 Å². The molecule has 0 fully saturated rings. The number of halogens is 1. The number of unbranched alkanes of at least 4 members (excludes halogenated alkanes) is 3. The monoisotopic (exact) mass is 426 g/mol. The number of aromatic nitrogens is 3. The second-order valence-corrected chi connectivity index (χ2v) is 6.42. The van der Waals surface area contributed by atoms with E-state index in [1.807, 2.05) is 24.3 Å². The van der Waals surface area contributed by atoms with Gasteiger partial charge in [0.2, 0.25) is 17.8 Å². The van der Waals surface area contributed by atoms with Crippen LogP contribution in [0, 0.1) is 3.57 Å². The normalized spacial score (nSPS) is 10.4. The second-order valence-electron chi connectivity index (χ2n) is 5.18. The quantitative estimate of drug-likeness (QED) is 0.411. The third kappa shape index (κ3) is 6.17. The number of benzene rings is 1. The number of anilines is 4. The molecule has 23 heavy (non-hydrogen) atoms. The molecule has 0 unspecified atom stereocenters. The lowest BCUT2D eigenvalue weighted by Crippen LogP contribution is -2.10. The van der Waals surface area contributed by atoms with Crippen LogP contribution in [0.4, 0.5) is 23.5 Å². The Morgan fingerprint density at radius 1 is 0.913 bits per heavy atom. The molecule has 0 radical (unpaired) electrons. The van der Waals surface area contributed by atoms with Crippen LogP contribution in [-0.2, 0) is 0 Å². The van der Waals surface area contributed by atoms with E-state index in [4.69, 9.17) is 0 Å². The van der Waals surface area contributed by atoms with Crippen molar-refractivity contribution >= 4 is 46.1 Å². The highest BCUT2D eigenvalue weighted by atomic mass is 127. The number of nitrogens with zero attached hydrogens (tertiary/aromatic N) is 3.